The Kier molecular flexibility index (Phi) is 5.36. The highest BCUT2D eigenvalue weighted by atomic mass is 16.2. The second-order valence-electron chi connectivity index (χ2n) is 7.35. The second kappa shape index (κ2) is 7.47. The van der Waals surface area contributed by atoms with E-state index in [4.69, 9.17) is 0 Å². The lowest BCUT2D eigenvalue weighted by atomic mass is 9.88. The zero-order chi connectivity index (χ0) is 16.2. The molecule has 0 radical (unpaired) electrons. The van der Waals surface area contributed by atoms with E-state index in [-0.39, 0.29) is 5.91 Å². The minimum absolute atomic E-state index is 0.0128. The lowest BCUT2D eigenvalue weighted by Crippen LogP contribution is -2.46. The van der Waals surface area contributed by atoms with Gasteiger partial charge < -0.3 is 10.2 Å². The molecule has 1 saturated heterocycles. The number of hydrogen-bond donors (Lipinski definition) is 1. The summed E-state index contributed by atoms with van der Waals surface area (Å²) in [7, 11) is 1.83. The molecule has 1 aromatic heterocycles. The van der Waals surface area contributed by atoms with E-state index >= 15 is 0 Å². The van der Waals surface area contributed by atoms with E-state index in [0.29, 0.717) is 11.7 Å². The number of piperidine rings is 1. The zero-order valence-electron chi connectivity index (χ0n) is 14.6. The van der Waals surface area contributed by atoms with Crippen LogP contribution < -0.4 is 5.32 Å². The molecule has 128 valence electrons. The first-order chi connectivity index (χ1) is 11.1. The van der Waals surface area contributed by atoms with E-state index in [9.17, 15) is 4.79 Å². The predicted octanol–water partition coefficient (Wildman–Crippen LogP) is 2.50. The maximum atomic E-state index is 12.4. The average molecular weight is 318 g/mol. The zero-order valence-corrected chi connectivity index (χ0v) is 14.6. The summed E-state index contributed by atoms with van der Waals surface area (Å²) in [5.74, 6) is 0.922. The smallest absolute Gasteiger partial charge is 0.269 e. The van der Waals surface area contributed by atoms with Crippen molar-refractivity contribution in [3.63, 3.8) is 0 Å². The molecule has 0 bridgehead atoms. The molecule has 5 nitrogen and oxygen atoms in total. The lowest BCUT2D eigenvalue weighted by Gasteiger charge is -2.35. The number of rotatable bonds is 4. The molecule has 3 rings (SSSR count). The molecule has 1 amide bonds. The molecule has 1 N–H and O–H groups in total. The molecule has 2 heterocycles. The van der Waals surface area contributed by atoms with Crippen LogP contribution >= 0.6 is 0 Å². The van der Waals surface area contributed by atoms with Crippen molar-refractivity contribution in [3.05, 3.63) is 17.5 Å². The molecule has 0 atom stereocenters. The molecule has 0 unspecified atom stereocenters. The van der Waals surface area contributed by atoms with Crippen LogP contribution in [0.4, 0.5) is 0 Å². The van der Waals surface area contributed by atoms with Gasteiger partial charge >= 0.3 is 0 Å². The van der Waals surface area contributed by atoms with Crippen molar-refractivity contribution < 1.29 is 4.79 Å². The summed E-state index contributed by atoms with van der Waals surface area (Å²) in [4.78, 5) is 15.0. The van der Waals surface area contributed by atoms with E-state index < -0.39 is 0 Å². The van der Waals surface area contributed by atoms with Crippen molar-refractivity contribution in [2.45, 2.75) is 57.9 Å². The van der Waals surface area contributed by atoms with Crippen LogP contribution in [0.15, 0.2) is 6.07 Å². The maximum absolute atomic E-state index is 12.4. The van der Waals surface area contributed by atoms with Gasteiger partial charge in [-0.1, -0.05) is 19.3 Å². The van der Waals surface area contributed by atoms with Crippen LogP contribution in [0, 0.1) is 12.8 Å². The number of hydrogen-bond acceptors (Lipinski definition) is 3. The van der Waals surface area contributed by atoms with Gasteiger partial charge in [0.05, 0.1) is 5.69 Å². The molecule has 1 aliphatic heterocycles. The molecule has 2 fully saturated rings. The van der Waals surface area contributed by atoms with Crippen LogP contribution in [0.25, 0.3) is 0 Å². The van der Waals surface area contributed by atoms with Crippen LogP contribution in [0.5, 0.6) is 0 Å². The summed E-state index contributed by atoms with van der Waals surface area (Å²) in [5.41, 5.74) is 1.55. The van der Waals surface area contributed by atoms with Gasteiger partial charge in [0.25, 0.3) is 5.91 Å². The lowest BCUT2D eigenvalue weighted by molar-refractivity contribution is 0.0892. The van der Waals surface area contributed by atoms with Crippen molar-refractivity contribution in [2.75, 3.05) is 19.6 Å². The largest absolute Gasteiger partial charge is 0.348 e. The summed E-state index contributed by atoms with van der Waals surface area (Å²) in [5, 5.41) is 7.44. The monoisotopic (exact) mass is 318 g/mol. The van der Waals surface area contributed by atoms with Crippen molar-refractivity contribution >= 4 is 5.91 Å². The number of aromatic nitrogens is 2. The number of nitrogens with zero attached hydrogens (tertiary/aromatic N) is 3. The van der Waals surface area contributed by atoms with E-state index in [1.807, 2.05) is 20.0 Å². The van der Waals surface area contributed by atoms with Crippen LogP contribution in [-0.4, -0.2) is 46.3 Å². The van der Waals surface area contributed by atoms with Gasteiger partial charge in [-0.05, 0) is 44.6 Å². The van der Waals surface area contributed by atoms with Gasteiger partial charge in [0, 0.05) is 32.7 Å². The molecule has 2 aliphatic rings. The Morgan fingerprint density at radius 3 is 2.52 bits per heavy atom. The Hall–Kier alpha value is -1.36. The highest BCUT2D eigenvalue weighted by Gasteiger charge is 2.24. The minimum atomic E-state index is 0.0128. The van der Waals surface area contributed by atoms with Crippen molar-refractivity contribution in [1.82, 2.24) is 20.0 Å². The van der Waals surface area contributed by atoms with Gasteiger partial charge in [-0.25, -0.2) is 0 Å². The van der Waals surface area contributed by atoms with Crippen LogP contribution in [-0.2, 0) is 7.05 Å². The Bertz CT molecular complexity index is 525. The fraction of sp³-hybridized carbons (Fsp3) is 0.778. The SMILES string of the molecule is Cc1cc(C(=O)NC2CCN(CC3CCCCC3)CC2)n(C)n1. The fourth-order valence-electron chi connectivity index (χ4n) is 4.08. The standard InChI is InChI=1S/C18H30N4O/c1-14-12-17(21(2)20-14)18(23)19-16-8-10-22(11-9-16)13-15-6-4-3-5-7-15/h12,15-16H,3-11,13H2,1-2H3,(H,19,23). The molecule has 5 heteroatoms. The molecule has 0 spiro atoms. The summed E-state index contributed by atoms with van der Waals surface area (Å²) in [6.45, 7) is 5.42. The average Bonchev–Trinajstić information content (AvgIpc) is 2.89. The van der Waals surface area contributed by atoms with Crippen LogP contribution in [0.3, 0.4) is 0 Å². The number of carbonyl (C=O) groups is 1. The Balaban J connectivity index is 1.43. The van der Waals surface area contributed by atoms with Crippen molar-refractivity contribution in [1.29, 1.82) is 0 Å². The normalized spacial score (nSPS) is 21.5. The van der Waals surface area contributed by atoms with Crippen molar-refractivity contribution in [2.24, 2.45) is 13.0 Å². The van der Waals surface area contributed by atoms with Crippen LogP contribution in [0.1, 0.15) is 61.1 Å². The summed E-state index contributed by atoms with van der Waals surface area (Å²) in [6, 6.07) is 2.16. The van der Waals surface area contributed by atoms with Crippen LogP contribution in [0.2, 0.25) is 0 Å². The maximum Gasteiger partial charge on any atom is 0.269 e. The molecule has 1 aliphatic carbocycles. The van der Waals surface area contributed by atoms with Gasteiger partial charge in [-0.15, -0.1) is 0 Å². The van der Waals surface area contributed by atoms with E-state index in [2.05, 4.69) is 15.3 Å². The molecule has 23 heavy (non-hydrogen) atoms. The van der Waals surface area contributed by atoms with Gasteiger partial charge in [0.15, 0.2) is 0 Å². The van der Waals surface area contributed by atoms with Gasteiger partial charge in [0.1, 0.15) is 5.69 Å². The number of likely N-dealkylation sites (tertiary alicyclic amines) is 1. The third-order valence-electron chi connectivity index (χ3n) is 5.40. The summed E-state index contributed by atoms with van der Waals surface area (Å²) < 4.78 is 1.67. The third-order valence-corrected chi connectivity index (χ3v) is 5.40. The van der Waals surface area contributed by atoms with Gasteiger partial charge in [-0.2, -0.15) is 5.10 Å². The number of amides is 1. The van der Waals surface area contributed by atoms with E-state index in [0.717, 1.165) is 37.5 Å². The molecular weight excluding hydrogens is 288 g/mol. The molecule has 0 aromatic carbocycles. The molecule has 1 saturated carbocycles. The molecular formula is C18H30N4O. The Morgan fingerprint density at radius 2 is 1.91 bits per heavy atom. The molecule has 1 aromatic rings. The fourth-order valence-corrected chi connectivity index (χ4v) is 4.08. The topological polar surface area (TPSA) is 50.2 Å². The third kappa shape index (κ3) is 4.34. The Labute approximate surface area is 139 Å². The number of carbonyl (C=O) groups excluding carboxylic acids is 1. The number of aryl methyl sites for hydroxylation is 2. The first-order valence-electron chi connectivity index (χ1n) is 9.15. The predicted molar refractivity (Wildman–Crippen MR) is 91.4 cm³/mol. The minimum Gasteiger partial charge on any atom is -0.348 e. The van der Waals surface area contributed by atoms with E-state index in [1.54, 1.807) is 4.68 Å². The summed E-state index contributed by atoms with van der Waals surface area (Å²) >= 11 is 0. The summed E-state index contributed by atoms with van der Waals surface area (Å²) in [6.07, 6.45) is 9.22. The first kappa shape index (κ1) is 16.5. The van der Waals surface area contributed by atoms with Crippen molar-refractivity contribution in [3.8, 4) is 0 Å². The van der Waals surface area contributed by atoms with E-state index in [1.165, 1.54) is 38.6 Å². The second-order valence-corrected chi connectivity index (χ2v) is 7.35. The van der Waals surface area contributed by atoms with Gasteiger partial charge in [0.2, 0.25) is 0 Å². The Morgan fingerprint density at radius 1 is 1.22 bits per heavy atom. The quantitative estimate of drug-likeness (QED) is 0.928. The highest BCUT2D eigenvalue weighted by molar-refractivity contribution is 5.92. The van der Waals surface area contributed by atoms with Gasteiger partial charge in [-0.3, -0.25) is 9.48 Å². The number of nitrogens with one attached hydrogen (secondary N) is 1. The highest BCUT2D eigenvalue weighted by Crippen LogP contribution is 2.25. The first-order valence-corrected chi connectivity index (χ1v) is 9.15.